The molecule has 3 rings (SSSR count). The lowest BCUT2D eigenvalue weighted by Gasteiger charge is -2.24. The summed E-state index contributed by atoms with van der Waals surface area (Å²) in [6.45, 7) is 5.71. The van der Waals surface area contributed by atoms with Crippen molar-refractivity contribution >= 4 is 11.9 Å². The predicted octanol–water partition coefficient (Wildman–Crippen LogP) is 1.62. The Balaban J connectivity index is 1.72. The van der Waals surface area contributed by atoms with E-state index in [9.17, 15) is 9.59 Å². The standard InChI is InChI=1S/C23H29N3O4/c1-5-25(15-17-9-7-6-8-10-17)16-26-21(27)23(2,24-22(26)28)14-18-11-12-19(29-3)20(13-18)30-4/h6-13H,5,14-16H2,1-4H3,(H,24,28)/p+1/t23-/m0/s1. The average molecular weight is 413 g/mol. The maximum Gasteiger partial charge on any atom is 0.329 e. The Kier molecular flexibility index (Phi) is 6.62. The molecular formula is C23H30N3O4+. The molecule has 1 unspecified atom stereocenters. The van der Waals surface area contributed by atoms with Gasteiger partial charge in [0, 0.05) is 12.0 Å². The molecule has 2 aromatic carbocycles. The minimum absolute atomic E-state index is 0.207. The van der Waals surface area contributed by atoms with E-state index >= 15 is 0 Å². The highest BCUT2D eigenvalue weighted by atomic mass is 16.5. The van der Waals surface area contributed by atoms with Crippen molar-refractivity contribution in [3.8, 4) is 11.5 Å². The van der Waals surface area contributed by atoms with Crippen LogP contribution in [0, 0.1) is 0 Å². The molecule has 0 aliphatic carbocycles. The number of hydrogen-bond acceptors (Lipinski definition) is 4. The third kappa shape index (κ3) is 4.57. The number of imide groups is 1. The summed E-state index contributed by atoms with van der Waals surface area (Å²) in [6.07, 6.45) is 0.370. The van der Waals surface area contributed by atoms with Crippen molar-refractivity contribution in [3.63, 3.8) is 0 Å². The molecule has 160 valence electrons. The van der Waals surface area contributed by atoms with Crippen molar-refractivity contribution in [2.24, 2.45) is 0 Å². The molecule has 2 aromatic rings. The predicted molar refractivity (Wildman–Crippen MR) is 114 cm³/mol. The Hall–Kier alpha value is -3.06. The van der Waals surface area contributed by atoms with Gasteiger partial charge in [-0.2, -0.15) is 0 Å². The molecule has 30 heavy (non-hydrogen) atoms. The summed E-state index contributed by atoms with van der Waals surface area (Å²) in [5.74, 6) is 1.01. The van der Waals surface area contributed by atoms with Crippen molar-refractivity contribution in [2.45, 2.75) is 32.4 Å². The lowest BCUT2D eigenvalue weighted by Crippen LogP contribution is -3.12. The Bertz CT molecular complexity index is 903. The van der Waals surface area contributed by atoms with Crippen LogP contribution < -0.4 is 19.7 Å². The second-order valence-electron chi connectivity index (χ2n) is 7.79. The minimum Gasteiger partial charge on any atom is -0.493 e. The number of benzene rings is 2. The van der Waals surface area contributed by atoms with Crippen molar-refractivity contribution in [1.82, 2.24) is 10.2 Å². The van der Waals surface area contributed by atoms with Crippen molar-refractivity contribution in [1.29, 1.82) is 0 Å². The van der Waals surface area contributed by atoms with E-state index in [-0.39, 0.29) is 11.9 Å². The number of carbonyl (C=O) groups excluding carboxylic acids is 2. The first kappa shape index (κ1) is 21.6. The number of nitrogens with one attached hydrogen (secondary N) is 2. The zero-order valence-corrected chi connectivity index (χ0v) is 18.0. The summed E-state index contributed by atoms with van der Waals surface area (Å²) < 4.78 is 10.6. The van der Waals surface area contributed by atoms with Crippen LogP contribution in [-0.4, -0.2) is 49.8 Å². The molecule has 1 fully saturated rings. The van der Waals surface area contributed by atoms with E-state index in [1.165, 1.54) is 10.5 Å². The van der Waals surface area contributed by atoms with Crippen LogP contribution in [0.3, 0.4) is 0 Å². The van der Waals surface area contributed by atoms with Gasteiger partial charge in [0.05, 0.1) is 20.8 Å². The second-order valence-corrected chi connectivity index (χ2v) is 7.79. The van der Waals surface area contributed by atoms with Gasteiger partial charge in [0.25, 0.3) is 5.91 Å². The van der Waals surface area contributed by atoms with E-state index < -0.39 is 5.54 Å². The molecule has 0 aromatic heterocycles. The largest absolute Gasteiger partial charge is 0.493 e. The van der Waals surface area contributed by atoms with Crippen LogP contribution in [0.25, 0.3) is 0 Å². The van der Waals surface area contributed by atoms with E-state index in [4.69, 9.17) is 9.47 Å². The second kappa shape index (κ2) is 9.17. The Morgan fingerprint density at radius 2 is 1.70 bits per heavy atom. The summed E-state index contributed by atoms with van der Waals surface area (Å²) in [5, 5.41) is 2.89. The third-order valence-corrected chi connectivity index (χ3v) is 5.53. The first-order chi connectivity index (χ1) is 14.4. The normalized spacial score (nSPS) is 19.5. The smallest absolute Gasteiger partial charge is 0.329 e. The fourth-order valence-electron chi connectivity index (χ4n) is 3.81. The number of urea groups is 1. The molecule has 3 amide bonds. The number of ether oxygens (including phenoxy) is 2. The van der Waals surface area contributed by atoms with E-state index in [2.05, 4.69) is 24.4 Å². The topological polar surface area (TPSA) is 72.3 Å². The number of nitrogens with zero attached hydrogens (tertiary/aromatic N) is 1. The zero-order chi connectivity index (χ0) is 21.7. The van der Waals surface area contributed by atoms with E-state index in [1.54, 1.807) is 27.2 Å². The molecule has 2 N–H and O–H groups in total. The summed E-state index contributed by atoms with van der Waals surface area (Å²) in [6, 6.07) is 15.3. The van der Waals surface area contributed by atoms with Gasteiger partial charge in [-0.1, -0.05) is 36.4 Å². The molecular weight excluding hydrogens is 382 g/mol. The van der Waals surface area contributed by atoms with E-state index in [0.29, 0.717) is 24.6 Å². The molecule has 7 nitrogen and oxygen atoms in total. The fourth-order valence-corrected chi connectivity index (χ4v) is 3.81. The highest BCUT2D eigenvalue weighted by molar-refractivity contribution is 6.06. The lowest BCUT2D eigenvalue weighted by molar-refractivity contribution is -0.919. The Morgan fingerprint density at radius 3 is 2.33 bits per heavy atom. The van der Waals surface area contributed by atoms with Crippen molar-refractivity contribution in [3.05, 3.63) is 59.7 Å². The number of hydrogen-bond donors (Lipinski definition) is 2. The first-order valence-electron chi connectivity index (χ1n) is 10.1. The van der Waals surface area contributed by atoms with Gasteiger partial charge in [0.2, 0.25) is 0 Å². The molecule has 1 heterocycles. The first-order valence-corrected chi connectivity index (χ1v) is 10.1. The van der Waals surface area contributed by atoms with Gasteiger partial charge in [-0.15, -0.1) is 0 Å². The number of quaternary nitrogens is 1. The molecule has 0 saturated carbocycles. The maximum absolute atomic E-state index is 13.2. The Labute approximate surface area is 177 Å². The van der Waals surface area contributed by atoms with Crippen LogP contribution in [0.4, 0.5) is 4.79 Å². The minimum atomic E-state index is -0.998. The highest BCUT2D eigenvalue weighted by Crippen LogP contribution is 2.30. The number of amides is 3. The molecule has 1 aliphatic rings. The number of rotatable bonds is 9. The van der Waals surface area contributed by atoms with Crippen molar-refractivity contribution < 1.29 is 24.0 Å². The van der Waals surface area contributed by atoms with Gasteiger partial charge in [-0.05, 0) is 31.5 Å². The van der Waals surface area contributed by atoms with Crippen LogP contribution in [0.2, 0.25) is 0 Å². The van der Waals surface area contributed by atoms with E-state index in [1.807, 2.05) is 30.3 Å². The average Bonchev–Trinajstić information content (AvgIpc) is 2.96. The van der Waals surface area contributed by atoms with Crippen molar-refractivity contribution in [2.75, 3.05) is 27.4 Å². The monoisotopic (exact) mass is 412 g/mol. The summed E-state index contributed by atoms with van der Waals surface area (Å²) in [7, 11) is 3.15. The number of carbonyl (C=O) groups is 2. The van der Waals surface area contributed by atoms with Crippen LogP contribution in [0.5, 0.6) is 11.5 Å². The van der Waals surface area contributed by atoms with Crippen LogP contribution in [0.1, 0.15) is 25.0 Å². The van der Waals surface area contributed by atoms with Gasteiger partial charge in [-0.3, -0.25) is 4.79 Å². The summed E-state index contributed by atoms with van der Waals surface area (Å²) in [4.78, 5) is 28.3. The highest BCUT2D eigenvalue weighted by Gasteiger charge is 2.49. The van der Waals surface area contributed by atoms with Gasteiger partial charge in [0.15, 0.2) is 18.2 Å². The van der Waals surface area contributed by atoms with Gasteiger partial charge < -0.3 is 19.7 Å². The van der Waals surface area contributed by atoms with Crippen LogP contribution in [0.15, 0.2) is 48.5 Å². The van der Waals surface area contributed by atoms with E-state index in [0.717, 1.165) is 23.6 Å². The summed E-state index contributed by atoms with van der Waals surface area (Å²) >= 11 is 0. The third-order valence-electron chi connectivity index (χ3n) is 5.53. The molecule has 0 spiro atoms. The molecule has 7 heteroatoms. The molecule has 1 aliphatic heterocycles. The number of methoxy groups -OCH3 is 2. The zero-order valence-electron chi connectivity index (χ0n) is 18.0. The quantitative estimate of drug-likeness (QED) is 0.614. The molecule has 1 saturated heterocycles. The van der Waals surface area contributed by atoms with Gasteiger partial charge in [-0.25, -0.2) is 9.69 Å². The Morgan fingerprint density at radius 1 is 1.00 bits per heavy atom. The molecule has 2 atom stereocenters. The van der Waals surface area contributed by atoms with Crippen LogP contribution in [-0.2, 0) is 17.8 Å². The molecule has 0 radical (unpaired) electrons. The van der Waals surface area contributed by atoms with Gasteiger partial charge >= 0.3 is 6.03 Å². The fraction of sp³-hybridized carbons (Fsp3) is 0.391. The van der Waals surface area contributed by atoms with Crippen LogP contribution >= 0.6 is 0 Å². The summed E-state index contributed by atoms with van der Waals surface area (Å²) in [5.41, 5.74) is 1.06. The van der Waals surface area contributed by atoms with Gasteiger partial charge in [0.1, 0.15) is 12.1 Å². The lowest BCUT2D eigenvalue weighted by atomic mass is 9.92. The SMILES string of the molecule is CC[NH+](Cc1ccccc1)CN1C(=O)N[C@@](C)(Cc2ccc(OC)c(OC)c2)C1=O. The maximum atomic E-state index is 13.2. The molecule has 0 bridgehead atoms.